The van der Waals surface area contributed by atoms with Gasteiger partial charge in [-0.15, -0.1) is 0 Å². The van der Waals surface area contributed by atoms with E-state index in [0.29, 0.717) is 52.5 Å². The fraction of sp³-hybridized carbons (Fsp3) is 0.273. The van der Waals surface area contributed by atoms with Gasteiger partial charge in [0.1, 0.15) is 24.9 Å². The molecule has 0 fully saturated rings. The van der Waals surface area contributed by atoms with Gasteiger partial charge in [0.15, 0.2) is 23.0 Å². The predicted molar refractivity (Wildman–Crippen MR) is 113 cm³/mol. The molecule has 0 saturated heterocycles. The number of nitrogens with one attached hydrogen (secondary N) is 1. The summed E-state index contributed by atoms with van der Waals surface area (Å²) in [6.07, 6.45) is 1.34. The van der Waals surface area contributed by atoms with E-state index < -0.39 is 5.91 Å². The van der Waals surface area contributed by atoms with Crippen LogP contribution in [0, 0.1) is 11.3 Å². The third-order valence-corrected chi connectivity index (χ3v) is 4.36. The molecule has 0 aromatic heterocycles. The zero-order valence-corrected chi connectivity index (χ0v) is 17.6. The molecule has 0 bridgehead atoms. The van der Waals surface area contributed by atoms with Crippen molar-refractivity contribution in [1.29, 1.82) is 5.26 Å². The lowest BCUT2D eigenvalue weighted by Gasteiger charge is -2.19. The van der Waals surface area contributed by atoms with Crippen LogP contribution in [-0.2, 0) is 4.79 Å². The Labute approximate surface area is 179 Å². The maximum absolute atomic E-state index is 12.6. The maximum Gasteiger partial charge on any atom is 0.266 e. The summed E-state index contributed by atoms with van der Waals surface area (Å²) in [5.74, 6) is 1.41. The molecule has 0 spiro atoms. The number of carbonyl (C=O) groups excluding carboxylic acids is 1. The first-order valence-electron chi connectivity index (χ1n) is 9.28. The molecule has 30 heavy (non-hydrogen) atoms. The van der Waals surface area contributed by atoms with Gasteiger partial charge in [0.2, 0.25) is 0 Å². The van der Waals surface area contributed by atoms with Gasteiger partial charge in [-0.2, -0.15) is 5.26 Å². The summed E-state index contributed by atoms with van der Waals surface area (Å²) in [7, 11) is 1.49. The van der Waals surface area contributed by atoms with Crippen LogP contribution < -0.4 is 24.3 Å². The zero-order chi connectivity index (χ0) is 21.7. The molecular weight excluding hydrogens is 408 g/mol. The van der Waals surface area contributed by atoms with Crippen molar-refractivity contribution in [2.45, 2.75) is 20.0 Å². The van der Waals surface area contributed by atoms with E-state index in [-0.39, 0.29) is 11.7 Å². The van der Waals surface area contributed by atoms with Crippen molar-refractivity contribution >= 4 is 29.3 Å². The first-order valence-corrected chi connectivity index (χ1v) is 9.66. The Morgan fingerprint density at radius 3 is 2.63 bits per heavy atom. The lowest BCUT2D eigenvalue weighted by atomic mass is 10.1. The number of nitriles is 1. The van der Waals surface area contributed by atoms with Gasteiger partial charge in [-0.3, -0.25) is 4.79 Å². The Morgan fingerprint density at radius 2 is 1.97 bits per heavy atom. The third kappa shape index (κ3) is 4.97. The molecule has 2 aromatic rings. The smallest absolute Gasteiger partial charge is 0.266 e. The third-order valence-electron chi connectivity index (χ3n) is 4.08. The van der Waals surface area contributed by atoms with Crippen molar-refractivity contribution in [3.05, 3.63) is 46.5 Å². The van der Waals surface area contributed by atoms with E-state index in [1.54, 1.807) is 30.3 Å². The average molecular weight is 429 g/mol. The number of methoxy groups -OCH3 is 1. The number of nitrogens with zero attached hydrogens (tertiary/aromatic N) is 1. The second-order valence-electron chi connectivity index (χ2n) is 6.68. The number of ether oxygens (including phenoxy) is 4. The highest BCUT2D eigenvalue weighted by Gasteiger charge is 2.17. The Kier molecular flexibility index (Phi) is 6.70. The minimum atomic E-state index is -0.563. The molecule has 2 aromatic carbocycles. The molecular formula is C22H21ClN2O5. The van der Waals surface area contributed by atoms with Crippen molar-refractivity contribution in [2.75, 3.05) is 25.6 Å². The molecule has 0 atom stereocenters. The van der Waals surface area contributed by atoms with Crippen LogP contribution in [0.15, 0.2) is 35.9 Å². The fourth-order valence-electron chi connectivity index (χ4n) is 2.81. The summed E-state index contributed by atoms with van der Waals surface area (Å²) < 4.78 is 22.0. The van der Waals surface area contributed by atoms with Gasteiger partial charge in [-0.25, -0.2) is 0 Å². The molecule has 156 valence electrons. The number of benzene rings is 2. The van der Waals surface area contributed by atoms with Crippen LogP contribution in [0.5, 0.6) is 23.0 Å². The van der Waals surface area contributed by atoms with Crippen LogP contribution in [-0.4, -0.2) is 32.3 Å². The second-order valence-corrected chi connectivity index (χ2v) is 7.09. The minimum Gasteiger partial charge on any atom is -0.493 e. The Bertz CT molecular complexity index is 1030. The number of amides is 1. The van der Waals surface area contributed by atoms with Crippen LogP contribution in [0.3, 0.4) is 0 Å². The summed E-state index contributed by atoms with van der Waals surface area (Å²) in [6.45, 7) is 4.67. The molecule has 3 rings (SSSR count). The Morgan fingerprint density at radius 1 is 1.23 bits per heavy atom. The number of anilines is 1. The monoisotopic (exact) mass is 428 g/mol. The van der Waals surface area contributed by atoms with E-state index in [0.717, 1.165) is 0 Å². The Hall–Kier alpha value is -3.37. The van der Waals surface area contributed by atoms with Crippen molar-refractivity contribution < 1.29 is 23.7 Å². The molecule has 1 N–H and O–H groups in total. The van der Waals surface area contributed by atoms with Crippen molar-refractivity contribution in [3.8, 4) is 29.1 Å². The summed E-state index contributed by atoms with van der Waals surface area (Å²) in [4.78, 5) is 12.6. The molecule has 7 nitrogen and oxygen atoms in total. The molecule has 0 radical (unpaired) electrons. The average Bonchev–Trinajstić information content (AvgIpc) is 2.73. The fourth-order valence-corrected chi connectivity index (χ4v) is 3.07. The van der Waals surface area contributed by atoms with Gasteiger partial charge in [-0.1, -0.05) is 11.6 Å². The highest BCUT2D eigenvalue weighted by atomic mass is 35.5. The number of carbonyl (C=O) groups is 1. The summed E-state index contributed by atoms with van der Waals surface area (Å²) in [5, 5.41) is 12.5. The second kappa shape index (κ2) is 9.42. The molecule has 1 aliphatic rings. The molecule has 1 aliphatic heterocycles. The maximum atomic E-state index is 12.6. The van der Waals surface area contributed by atoms with Gasteiger partial charge in [0.25, 0.3) is 5.91 Å². The van der Waals surface area contributed by atoms with Crippen LogP contribution in [0.4, 0.5) is 5.69 Å². The number of hydrogen-bond donors (Lipinski definition) is 1. The van der Waals surface area contributed by atoms with Gasteiger partial charge in [0, 0.05) is 11.8 Å². The van der Waals surface area contributed by atoms with E-state index >= 15 is 0 Å². The first kappa shape index (κ1) is 21.3. The largest absolute Gasteiger partial charge is 0.493 e. The molecule has 0 saturated carbocycles. The SMILES string of the molecule is COc1cc(/C=C(\C#N)C(=O)Nc2ccc3c(c2)OCCO3)cc(Cl)c1OC(C)C. The lowest BCUT2D eigenvalue weighted by molar-refractivity contribution is -0.112. The van der Waals surface area contributed by atoms with Crippen LogP contribution in [0.25, 0.3) is 6.08 Å². The first-order chi connectivity index (χ1) is 14.4. The highest BCUT2D eigenvalue weighted by molar-refractivity contribution is 6.32. The van der Waals surface area contributed by atoms with Crippen molar-refractivity contribution in [3.63, 3.8) is 0 Å². The van der Waals surface area contributed by atoms with E-state index in [4.69, 9.17) is 30.5 Å². The number of fused-ring (bicyclic) bond motifs is 1. The van der Waals surface area contributed by atoms with Crippen molar-refractivity contribution in [2.24, 2.45) is 0 Å². The van der Waals surface area contributed by atoms with Crippen LogP contribution >= 0.6 is 11.6 Å². The summed E-state index contributed by atoms with van der Waals surface area (Å²) in [5.41, 5.74) is 0.920. The number of hydrogen-bond acceptors (Lipinski definition) is 6. The zero-order valence-electron chi connectivity index (χ0n) is 16.8. The van der Waals surface area contributed by atoms with Gasteiger partial charge >= 0.3 is 0 Å². The predicted octanol–water partition coefficient (Wildman–Crippen LogP) is 4.45. The molecule has 0 unspecified atom stereocenters. The summed E-state index contributed by atoms with van der Waals surface area (Å²) in [6, 6.07) is 10.2. The van der Waals surface area contributed by atoms with E-state index in [9.17, 15) is 10.1 Å². The van der Waals surface area contributed by atoms with Gasteiger partial charge in [-0.05, 0) is 49.8 Å². The van der Waals surface area contributed by atoms with Crippen LogP contribution in [0.2, 0.25) is 5.02 Å². The summed E-state index contributed by atoms with van der Waals surface area (Å²) >= 11 is 6.32. The number of rotatable bonds is 6. The van der Waals surface area contributed by atoms with Crippen molar-refractivity contribution in [1.82, 2.24) is 0 Å². The topological polar surface area (TPSA) is 89.8 Å². The van der Waals surface area contributed by atoms with E-state index in [2.05, 4.69) is 5.32 Å². The normalized spacial score (nSPS) is 12.9. The standard InChI is InChI=1S/C22H21ClN2O5/c1-13(2)30-21-17(23)9-14(10-20(21)27-3)8-15(12-24)22(26)25-16-4-5-18-19(11-16)29-7-6-28-18/h4-5,8-11,13H,6-7H2,1-3H3,(H,25,26)/b15-8+. The molecule has 8 heteroatoms. The quantitative estimate of drug-likeness (QED) is 0.540. The van der Waals surface area contributed by atoms with Gasteiger partial charge in [0.05, 0.1) is 18.2 Å². The number of halogens is 1. The highest BCUT2D eigenvalue weighted by Crippen LogP contribution is 2.38. The lowest BCUT2D eigenvalue weighted by Crippen LogP contribution is -2.17. The van der Waals surface area contributed by atoms with Gasteiger partial charge < -0.3 is 24.3 Å². The van der Waals surface area contributed by atoms with E-state index in [1.807, 2.05) is 19.9 Å². The van der Waals surface area contributed by atoms with Crippen LogP contribution in [0.1, 0.15) is 19.4 Å². The molecule has 1 heterocycles. The van der Waals surface area contributed by atoms with E-state index in [1.165, 1.54) is 13.2 Å². The minimum absolute atomic E-state index is 0.0933. The molecule has 1 amide bonds. The molecule has 0 aliphatic carbocycles. The Balaban J connectivity index is 1.84.